The second kappa shape index (κ2) is 4.61. The molecule has 15 heavy (non-hydrogen) atoms. The highest BCUT2D eigenvalue weighted by Crippen LogP contribution is 2.09. The van der Waals surface area contributed by atoms with E-state index >= 15 is 0 Å². The molecule has 0 saturated carbocycles. The number of nitrogens with zero attached hydrogens (tertiary/aromatic N) is 2. The molecule has 1 N–H and O–H groups in total. The zero-order valence-electron chi connectivity index (χ0n) is 8.87. The van der Waals surface area contributed by atoms with E-state index in [-0.39, 0.29) is 11.8 Å². The number of hydrogen-bond donors (Lipinski definition) is 1. The van der Waals surface area contributed by atoms with Crippen LogP contribution in [0.2, 0.25) is 0 Å². The largest absolute Gasteiger partial charge is 0.330 e. The number of hydrogen-bond acceptors (Lipinski definition) is 3. The Bertz CT molecular complexity index is 241. The summed E-state index contributed by atoms with van der Waals surface area (Å²) in [5.41, 5.74) is 0. The first-order valence-corrected chi connectivity index (χ1v) is 5.53. The fourth-order valence-corrected chi connectivity index (χ4v) is 2.06. The van der Waals surface area contributed by atoms with Gasteiger partial charge in [-0.2, -0.15) is 0 Å². The van der Waals surface area contributed by atoms with Crippen LogP contribution in [-0.4, -0.2) is 48.0 Å². The summed E-state index contributed by atoms with van der Waals surface area (Å²) in [6.45, 7) is 2.84. The molecule has 5 heteroatoms. The van der Waals surface area contributed by atoms with Gasteiger partial charge < -0.3 is 9.80 Å². The average Bonchev–Trinajstić information content (AvgIpc) is 2.78. The summed E-state index contributed by atoms with van der Waals surface area (Å²) in [5.74, 6) is 0.436. The van der Waals surface area contributed by atoms with Gasteiger partial charge in [-0.1, -0.05) is 0 Å². The quantitative estimate of drug-likeness (QED) is 0.697. The van der Waals surface area contributed by atoms with Crippen molar-refractivity contribution < 1.29 is 9.59 Å². The van der Waals surface area contributed by atoms with Gasteiger partial charge >= 0.3 is 0 Å². The lowest BCUT2D eigenvalue weighted by Gasteiger charge is -2.20. The van der Waals surface area contributed by atoms with Crippen LogP contribution in [0.25, 0.3) is 0 Å². The van der Waals surface area contributed by atoms with Gasteiger partial charge in [0, 0.05) is 25.9 Å². The van der Waals surface area contributed by atoms with Crippen LogP contribution in [0.15, 0.2) is 0 Å². The minimum atomic E-state index is 0.218. The molecule has 2 fully saturated rings. The molecule has 84 valence electrons. The molecule has 0 aromatic rings. The summed E-state index contributed by atoms with van der Waals surface area (Å²) in [7, 11) is 0. The van der Waals surface area contributed by atoms with Crippen LogP contribution in [-0.2, 0) is 9.59 Å². The third-order valence-corrected chi connectivity index (χ3v) is 2.95. The van der Waals surface area contributed by atoms with E-state index in [0.717, 1.165) is 25.9 Å². The Hall–Kier alpha value is -1.10. The van der Waals surface area contributed by atoms with E-state index in [9.17, 15) is 9.59 Å². The Labute approximate surface area is 89.4 Å². The molecule has 0 spiro atoms. The van der Waals surface area contributed by atoms with Gasteiger partial charge in [-0.3, -0.25) is 14.9 Å². The molecule has 0 aromatic carbocycles. The molecule has 2 rings (SSSR count). The van der Waals surface area contributed by atoms with Crippen LogP contribution in [0.3, 0.4) is 0 Å². The van der Waals surface area contributed by atoms with E-state index in [4.69, 9.17) is 0 Å². The fourth-order valence-electron chi connectivity index (χ4n) is 2.06. The lowest BCUT2D eigenvalue weighted by molar-refractivity contribution is -0.128. The van der Waals surface area contributed by atoms with Gasteiger partial charge in [-0.05, 0) is 12.8 Å². The van der Waals surface area contributed by atoms with Crippen LogP contribution in [0.5, 0.6) is 0 Å². The molecule has 2 aliphatic heterocycles. The van der Waals surface area contributed by atoms with Gasteiger partial charge in [0.15, 0.2) is 0 Å². The van der Waals surface area contributed by atoms with Crippen molar-refractivity contribution in [2.45, 2.75) is 25.7 Å². The Morgan fingerprint density at radius 1 is 0.933 bits per heavy atom. The van der Waals surface area contributed by atoms with Crippen LogP contribution < -0.4 is 5.32 Å². The fraction of sp³-hybridized carbons (Fsp3) is 0.800. The van der Waals surface area contributed by atoms with Crippen molar-refractivity contribution in [2.24, 2.45) is 0 Å². The van der Waals surface area contributed by atoms with Crippen molar-refractivity contribution in [1.82, 2.24) is 15.1 Å². The van der Waals surface area contributed by atoms with Gasteiger partial charge in [0.05, 0.1) is 13.3 Å². The van der Waals surface area contributed by atoms with E-state index in [1.54, 1.807) is 9.80 Å². The molecule has 0 aliphatic carbocycles. The van der Waals surface area contributed by atoms with Crippen molar-refractivity contribution in [3.05, 3.63) is 0 Å². The summed E-state index contributed by atoms with van der Waals surface area (Å²) in [4.78, 5) is 26.2. The van der Waals surface area contributed by atoms with Crippen LogP contribution in [0.1, 0.15) is 25.7 Å². The zero-order valence-corrected chi connectivity index (χ0v) is 8.87. The minimum Gasteiger partial charge on any atom is -0.330 e. The van der Waals surface area contributed by atoms with Gasteiger partial charge in [0.1, 0.15) is 0 Å². The third-order valence-electron chi connectivity index (χ3n) is 2.95. The van der Waals surface area contributed by atoms with Crippen molar-refractivity contribution >= 4 is 11.8 Å². The maximum absolute atomic E-state index is 11.3. The van der Waals surface area contributed by atoms with E-state index in [2.05, 4.69) is 5.32 Å². The number of amides is 2. The minimum absolute atomic E-state index is 0.218. The molecule has 2 heterocycles. The molecule has 5 nitrogen and oxygen atoms in total. The number of nitrogens with one attached hydrogen (secondary N) is 1. The lowest BCUT2D eigenvalue weighted by Crippen LogP contribution is -2.41. The molecule has 0 bridgehead atoms. The van der Waals surface area contributed by atoms with Crippen LogP contribution in [0.4, 0.5) is 0 Å². The van der Waals surface area contributed by atoms with E-state index < -0.39 is 0 Å². The van der Waals surface area contributed by atoms with Crippen molar-refractivity contribution in [2.75, 3.05) is 26.4 Å². The van der Waals surface area contributed by atoms with Gasteiger partial charge in [0.2, 0.25) is 11.8 Å². The predicted molar refractivity (Wildman–Crippen MR) is 54.8 cm³/mol. The predicted octanol–water partition coefficient (Wildman–Crippen LogP) is -0.264. The first-order chi connectivity index (χ1) is 7.27. The molecule has 0 aromatic heterocycles. The van der Waals surface area contributed by atoms with Gasteiger partial charge in [0.25, 0.3) is 0 Å². The highest BCUT2D eigenvalue weighted by molar-refractivity contribution is 5.78. The summed E-state index contributed by atoms with van der Waals surface area (Å²) in [6.07, 6.45) is 3.26. The summed E-state index contributed by atoms with van der Waals surface area (Å²) in [5, 5.41) is 3.14. The Balaban J connectivity index is 1.66. The second-order valence-electron chi connectivity index (χ2n) is 4.09. The van der Waals surface area contributed by atoms with E-state index in [1.807, 2.05) is 0 Å². The molecule has 0 unspecified atom stereocenters. The van der Waals surface area contributed by atoms with Crippen LogP contribution >= 0.6 is 0 Å². The molecule has 0 atom stereocenters. The molecule has 2 aliphatic rings. The first kappa shape index (κ1) is 10.4. The SMILES string of the molecule is O=C1CCCN1CNCN1CCCC1=O. The van der Waals surface area contributed by atoms with Gasteiger partial charge in [-0.25, -0.2) is 0 Å². The van der Waals surface area contributed by atoms with Crippen LogP contribution in [0, 0.1) is 0 Å². The molecule has 2 saturated heterocycles. The molecule has 0 radical (unpaired) electrons. The lowest BCUT2D eigenvalue weighted by atomic mass is 10.4. The molecule has 2 amide bonds. The van der Waals surface area contributed by atoms with E-state index in [0.29, 0.717) is 26.2 Å². The molecular weight excluding hydrogens is 194 g/mol. The average molecular weight is 211 g/mol. The number of likely N-dealkylation sites (tertiary alicyclic amines) is 2. The monoisotopic (exact) mass is 211 g/mol. The highest BCUT2D eigenvalue weighted by atomic mass is 16.2. The topological polar surface area (TPSA) is 52.7 Å². The van der Waals surface area contributed by atoms with Crippen molar-refractivity contribution in [3.8, 4) is 0 Å². The number of carbonyl (C=O) groups is 2. The first-order valence-electron chi connectivity index (χ1n) is 5.53. The van der Waals surface area contributed by atoms with E-state index in [1.165, 1.54) is 0 Å². The van der Waals surface area contributed by atoms with Crippen molar-refractivity contribution in [3.63, 3.8) is 0 Å². The molecular formula is C10H17N3O2. The smallest absolute Gasteiger partial charge is 0.223 e. The Kier molecular flexibility index (Phi) is 3.20. The second-order valence-corrected chi connectivity index (χ2v) is 4.09. The number of carbonyl (C=O) groups excluding carboxylic acids is 2. The normalized spacial score (nSPS) is 21.9. The Morgan fingerprint density at radius 3 is 1.73 bits per heavy atom. The zero-order chi connectivity index (χ0) is 10.7. The number of rotatable bonds is 4. The Morgan fingerprint density at radius 2 is 1.40 bits per heavy atom. The maximum atomic E-state index is 11.3. The highest BCUT2D eigenvalue weighted by Gasteiger charge is 2.21. The third kappa shape index (κ3) is 2.47. The maximum Gasteiger partial charge on any atom is 0.223 e. The standard InChI is InChI=1S/C10H17N3O2/c14-9-3-1-5-12(9)7-11-8-13-6-2-4-10(13)15/h11H,1-8H2. The summed E-state index contributed by atoms with van der Waals surface area (Å²) >= 11 is 0. The summed E-state index contributed by atoms with van der Waals surface area (Å²) in [6, 6.07) is 0. The van der Waals surface area contributed by atoms with Crippen molar-refractivity contribution in [1.29, 1.82) is 0 Å². The van der Waals surface area contributed by atoms with Gasteiger partial charge in [-0.15, -0.1) is 0 Å². The summed E-state index contributed by atoms with van der Waals surface area (Å²) < 4.78 is 0.